The second-order valence-electron chi connectivity index (χ2n) is 5.42. The zero-order valence-electron chi connectivity index (χ0n) is 10.6. The summed E-state index contributed by atoms with van der Waals surface area (Å²) < 4.78 is 1.89. The van der Waals surface area contributed by atoms with Crippen LogP contribution in [-0.4, -0.2) is 46.9 Å². The molecule has 1 aliphatic carbocycles. The molecule has 17 heavy (non-hydrogen) atoms. The van der Waals surface area contributed by atoms with Crippen molar-refractivity contribution in [1.29, 1.82) is 0 Å². The number of hydrogen-bond donors (Lipinski definition) is 1. The average Bonchev–Trinajstić information content (AvgIpc) is 3.11. The van der Waals surface area contributed by atoms with Crippen LogP contribution < -0.4 is 5.32 Å². The largest absolute Gasteiger partial charge is 0.314 e. The van der Waals surface area contributed by atoms with Gasteiger partial charge in [-0.2, -0.15) is 5.10 Å². The van der Waals surface area contributed by atoms with E-state index in [-0.39, 0.29) is 0 Å². The van der Waals surface area contributed by atoms with Gasteiger partial charge in [-0.15, -0.1) is 0 Å². The van der Waals surface area contributed by atoms with E-state index in [0.717, 1.165) is 24.9 Å². The third-order valence-corrected chi connectivity index (χ3v) is 4.01. The van der Waals surface area contributed by atoms with Crippen LogP contribution in [0.4, 0.5) is 0 Å². The van der Waals surface area contributed by atoms with Crippen LogP contribution in [0.5, 0.6) is 0 Å². The van der Waals surface area contributed by atoms with Gasteiger partial charge in [-0.05, 0) is 30.7 Å². The molecular weight excluding hydrogens is 212 g/mol. The lowest BCUT2D eigenvalue weighted by Crippen LogP contribution is -2.52. The molecule has 1 saturated carbocycles. The zero-order chi connectivity index (χ0) is 11.7. The first-order valence-electron chi connectivity index (χ1n) is 6.75. The molecule has 1 aliphatic heterocycles. The fraction of sp³-hybridized carbons (Fsp3) is 0.769. The summed E-state index contributed by atoms with van der Waals surface area (Å²) in [6, 6.07) is 0.792. The van der Waals surface area contributed by atoms with E-state index in [4.69, 9.17) is 0 Å². The van der Waals surface area contributed by atoms with Crippen LogP contribution in [0.25, 0.3) is 0 Å². The van der Waals surface area contributed by atoms with Gasteiger partial charge < -0.3 is 5.32 Å². The van der Waals surface area contributed by atoms with Crippen molar-refractivity contribution >= 4 is 0 Å². The minimum absolute atomic E-state index is 0.792. The highest BCUT2D eigenvalue weighted by Gasteiger charge is 2.36. The van der Waals surface area contributed by atoms with Gasteiger partial charge >= 0.3 is 0 Å². The first-order chi connectivity index (χ1) is 8.33. The molecule has 3 rings (SSSR count). The smallest absolute Gasteiger partial charge is 0.0522 e. The quantitative estimate of drug-likeness (QED) is 0.830. The zero-order valence-corrected chi connectivity index (χ0v) is 10.6. The Morgan fingerprint density at radius 3 is 3.06 bits per heavy atom. The standard InChI is InChI=1S/C13H22N4/c1-16-10-11(8-15-16)4-6-17-7-5-14-9-13(17)12-2-3-12/h8,10,12-14H,2-7,9H2,1H3. The van der Waals surface area contributed by atoms with Gasteiger partial charge in [0.15, 0.2) is 0 Å². The summed E-state index contributed by atoms with van der Waals surface area (Å²) in [6.45, 7) is 4.74. The van der Waals surface area contributed by atoms with E-state index in [1.165, 1.54) is 38.0 Å². The lowest BCUT2D eigenvalue weighted by atomic mass is 10.1. The Kier molecular flexibility index (Phi) is 3.16. The molecule has 1 saturated heterocycles. The Hall–Kier alpha value is -0.870. The first-order valence-corrected chi connectivity index (χ1v) is 6.75. The third kappa shape index (κ3) is 2.69. The molecule has 0 bridgehead atoms. The number of rotatable bonds is 4. The van der Waals surface area contributed by atoms with Crippen molar-refractivity contribution in [2.45, 2.75) is 25.3 Å². The summed E-state index contributed by atoms with van der Waals surface area (Å²) in [5.41, 5.74) is 1.36. The van der Waals surface area contributed by atoms with Crippen LogP contribution >= 0.6 is 0 Å². The molecule has 0 radical (unpaired) electrons. The van der Waals surface area contributed by atoms with Crippen LogP contribution in [-0.2, 0) is 13.5 Å². The highest BCUT2D eigenvalue weighted by molar-refractivity contribution is 5.04. The fourth-order valence-electron chi connectivity index (χ4n) is 2.86. The van der Waals surface area contributed by atoms with E-state index in [1.54, 1.807) is 0 Å². The Morgan fingerprint density at radius 2 is 2.35 bits per heavy atom. The van der Waals surface area contributed by atoms with Crippen molar-refractivity contribution in [1.82, 2.24) is 20.0 Å². The van der Waals surface area contributed by atoms with Gasteiger partial charge in [-0.3, -0.25) is 9.58 Å². The van der Waals surface area contributed by atoms with Gasteiger partial charge in [0.05, 0.1) is 6.20 Å². The molecule has 1 unspecified atom stereocenters. The molecule has 1 atom stereocenters. The van der Waals surface area contributed by atoms with E-state index in [9.17, 15) is 0 Å². The maximum atomic E-state index is 4.23. The van der Waals surface area contributed by atoms with Gasteiger partial charge in [0.2, 0.25) is 0 Å². The molecule has 4 nitrogen and oxygen atoms in total. The Labute approximate surface area is 103 Å². The monoisotopic (exact) mass is 234 g/mol. The second kappa shape index (κ2) is 4.78. The molecule has 1 aromatic rings. The molecule has 2 aliphatic rings. The predicted molar refractivity (Wildman–Crippen MR) is 67.9 cm³/mol. The lowest BCUT2D eigenvalue weighted by Gasteiger charge is -2.36. The van der Waals surface area contributed by atoms with Crippen molar-refractivity contribution in [3.05, 3.63) is 18.0 Å². The van der Waals surface area contributed by atoms with Crippen LogP contribution in [0.1, 0.15) is 18.4 Å². The highest BCUT2D eigenvalue weighted by Crippen LogP contribution is 2.35. The van der Waals surface area contributed by atoms with Crippen LogP contribution in [0, 0.1) is 5.92 Å². The molecular formula is C13H22N4. The number of aryl methyl sites for hydroxylation is 1. The molecule has 2 fully saturated rings. The molecule has 2 heterocycles. The number of nitrogens with zero attached hydrogens (tertiary/aromatic N) is 3. The summed E-state index contributed by atoms with van der Waals surface area (Å²) in [7, 11) is 1.99. The Balaban J connectivity index is 1.55. The predicted octanol–water partition coefficient (Wildman–Crippen LogP) is 0.646. The fourth-order valence-corrected chi connectivity index (χ4v) is 2.86. The molecule has 1 aromatic heterocycles. The van der Waals surface area contributed by atoms with Gasteiger partial charge in [0, 0.05) is 45.5 Å². The van der Waals surface area contributed by atoms with Crippen molar-refractivity contribution in [2.24, 2.45) is 13.0 Å². The highest BCUT2D eigenvalue weighted by atomic mass is 15.2. The van der Waals surface area contributed by atoms with Gasteiger partial charge in [-0.25, -0.2) is 0 Å². The number of aromatic nitrogens is 2. The second-order valence-corrected chi connectivity index (χ2v) is 5.42. The normalized spacial score (nSPS) is 26.3. The van der Waals surface area contributed by atoms with Crippen molar-refractivity contribution < 1.29 is 0 Å². The van der Waals surface area contributed by atoms with E-state index in [1.807, 2.05) is 17.9 Å². The van der Waals surface area contributed by atoms with E-state index in [0.29, 0.717) is 0 Å². The van der Waals surface area contributed by atoms with Crippen LogP contribution in [0.3, 0.4) is 0 Å². The van der Waals surface area contributed by atoms with E-state index >= 15 is 0 Å². The Bertz CT molecular complexity index is 369. The summed E-state index contributed by atoms with van der Waals surface area (Å²) in [5.74, 6) is 0.969. The summed E-state index contributed by atoms with van der Waals surface area (Å²) >= 11 is 0. The third-order valence-electron chi connectivity index (χ3n) is 4.01. The van der Waals surface area contributed by atoms with E-state index < -0.39 is 0 Å². The average molecular weight is 234 g/mol. The SMILES string of the molecule is Cn1cc(CCN2CCNCC2C2CC2)cn1. The molecule has 0 amide bonds. The minimum atomic E-state index is 0.792. The summed E-state index contributed by atoms with van der Waals surface area (Å²) in [5, 5.41) is 7.76. The van der Waals surface area contributed by atoms with Crippen LogP contribution in [0.2, 0.25) is 0 Å². The van der Waals surface area contributed by atoms with Crippen LogP contribution in [0.15, 0.2) is 12.4 Å². The molecule has 1 N–H and O–H groups in total. The minimum Gasteiger partial charge on any atom is -0.314 e. The van der Waals surface area contributed by atoms with Gasteiger partial charge in [-0.1, -0.05) is 0 Å². The van der Waals surface area contributed by atoms with Crippen molar-refractivity contribution in [3.63, 3.8) is 0 Å². The molecule has 0 spiro atoms. The number of hydrogen-bond acceptors (Lipinski definition) is 3. The summed E-state index contributed by atoms with van der Waals surface area (Å²) in [6.07, 6.45) is 8.14. The molecule has 0 aromatic carbocycles. The number of piperazine rings is 1. The number of nitrogens with one attached hydrogen (secondary N) is 1. The Morgan fingerprint density at radius 1 is 1.47 bits per heavy atom. The maximum Gasteiger partial charge on any atom is 0.0522 e. The molecule has 4 heteroatoms. The maximum absolute atomic E-state index is 4.23. The lowest BCUT2D eigenvalue weighted by molar-refractivity contribution is 0.145. The van der Waals surface area contributed by atoms with Crippen molar-refractivity contribution in [2.75, 3.05) is 26.2 Å². The first kappa shape index (κ1) is 11.2. The topological polar surface area (TPSA) is 33.1 Å². The molecule has 94 valence electrons. The summed E-state index contributed by atoms with van der Waals surface area (Å²) in [4.78, 5) is 2.68. The van der Waals surface area contributed by atoms with Gasteiger partial charge in [0.1, 0.15) is 0 Å². The van der Waals surface area contributed by atoms with Gasteiger partial charge in [0.25, 0.3) is 0 Å². The van der Waals surface area contributed by atoms with Crippen molar-refractivity contribution in [3.8, 4) is 0 Å². The van der Waals surface area contributed by atoms with E-state index in [2.05, 4.69) is 21.5 Å².